The normalized spacial score (nSPS) is 13.1. The number of hydrogen-bond acceptors (Lipinski definition) is 5. The maximum Gasteiger partial charge on any atom is 0.164 e. The van der Waals surface area contributed by atoms with Crippen LogP contribution in [0.3, 0.4) is 0 Å². The molecule has 0 unspecified atom stereocenters. The summed E-state index contributed by atoms with van der Waals surface area (Å²) in [7, 11) is 0. The molecule has 6 heteroatoms. The first-order valence-corrected chi connectivity index (χ1v) is 19.4. The Morgan fingerprint density at radius 3 is 1.75 bits per heavy atom. The second kappa shape index (κ2) is 12.1. The Morgan fingerprint density at radius 2 is 1.05 bits per heavy atom. The molecule has 7 aromatic carbocycles. The zero-order valence-corrected chi connectivity index (χ0v) is 31.0. The summed E-state index contributed by atoms with van der Waals surface area (Å²) >= 11 is 1.79. The molecule has 3 aromatic heterocycles. The van der Waals surface area contributed by atoms with Crippen molar-refractivity contribution in [3.63, 3.8) is 0 Å². The number of aromatic nitrogens is 5. The summed E-state index contributed by atoms with van der Waals surface area (Å²) in [6.45, 7) is 4.69. The Hall–Kier alpha value is -6.76. The largest absolute Gasteiger partial charge is 0.309 e. The summed E-state index contributed by atoms with van der Waals surface area (Å²) in [5, 5.41) is 3.38. The van der Waals surface area contributed by atoms with Crippen molar-refractivity contribution >= 4 is 43.4 Å². The van der Waals surface area contributed by atoms with Crippen LogP contribution in [0.5, 0.6) is 0 Å². The molecule has 0 fully saturated rings. The standard InChI is InChI=1S/C49H33N5S/c1-49(2)38-24-23-34(29-37(38)43-39(49)25-26-40-44(43)55-48(50-40)32-18-10-5-11-19-32)54-41-21-13-12-20-35(41)36-28-33(22-27-42(36)54)47-52-45(30-14-6-3-7-15-30)51-46(53-47)31-16-8-4-9-17-31/h3-29H,1-2H3. The fourth-order valence-corrected chi connectivity index (χ4v) is 9.51. The quantitative estimate of drug-likeness (QED) is 0.177. The third-order valence-corrected chi connectivity index (χ3v) is 12.2. The molecule has 0 aliphatic heterocycles. The van der Waals surface area contributed by atoms with Gasteiger partial charge in [-0.15, -0.1) is 11.3 Å². The zero-order chi connectivity index (χ0) is 36.7. The molecule has 1 aliphatic rings. The molecule has 0 atom stereocenters. The smallest absolute Gasteiger partial charge is 0.164 e. The number of rotatable bonds is 5. The lowest BCUT2D eigenvalue weighted by Gasteiger charge is -2.21. The first-order chi connectivity index (χ1) is 27.0. The molecule has 0 saturated heterocycles. The Balaban J connectivity index is 1.09. The first kappa shape index (κ1) is 31.7. The van der Waals surface area contributed by atoms with E-state index in [9.17, 15) is 0 Å². The fraction of sp³-hybridized carbons (Fsp3) is 0.0612. The van der Waals surface area contributed by atoms with Crippen molar-refractivity contribution < 1.29 is 0 Å². The highest BCUT2D eigenvalue weighted by molar-refractivity contribution is 7.22. The minimum absolute atomic E-state index is 0.133. The van der Waals surface area contributed by atoms with E-state index in [-0.39, 0.29) is 5.41 Å². The summed E-state index contributed by atoms with van der Waals surface area (Å²) in [6.07, 6.45) is 0. The van der Waals surface area contributed by atoms with Gasteiger partial charge in [-0.2, -0.15) is 0 Å². The van der Waals surface area contributed by atoms with E-state index in [1.165, 1.54) is 32.3 Å². The molecule has 0 saturated carbocycles. The van der Waals surface area contributed by atoms with Gasteiger partial charge in [0, 0.05) is 49.7 Å². The van der Waals surface area contributed by atoms with Gasteiger partial charge in [0.15, 0.2) is 17.5 Å². The number of thiazole rings is 1. The molecule has 11 rings (SSSR count). The highest BCUT2D eigenvalue weighted by Crippen LogP contribution is 2.53. The minimum Gasteiger partial charge on any atom is -0.309 e. The number of para-hydroxylation sites is 1. The van der Waals surface area contributed by atoms with Crippen LogP contribution in [0.4, 0.5) is 0 Å². The van der Waals surface area contributed by atoms with Gasteiger partial charge in [-0.05, 0) is 59.2 Å². The average molecular weight is 724 g/mol. The minimum atomic E-state index is -0.133. The lowest BCUT2D eigenvalue weighted by atomic mass is 9.82. The summed E-state index contributed by atoms with van der Waals surface area (Å²) < 4.78 is 3.65. The monoisotopic (exact) mass is 723 g/mol. The van der Waals surface area contributed by atoms with Crippen LogP contribution in [0.15, 0.2) is 164 Å². The Kier molecular flexibility index (Phi) is 7.00. The van der Waals surface area contributed by atoms with Crippen LogP contribution in [-0.2, 0) is 5.41 Å². The van der Waals surface area contributed by atoms with Crippen LogP contribution in [0.25, 0.3) is 93.6 Å². The lowest BCUT2D eigenvalue weighted by Crippen LogP contribution is -2.14. The summed E-state index contributed by atoms with van der Waals surface area (Å²) in [4.78, 5) is 20.1. The molecule has 0 N–H and O–H groups in total. The fourth-order valence-electron chi connectivity index (χ4n) is 8.38. The van der Waals surface area contributed by atoms with Gasteiger partial charge in [0.1, 0.15) is 5.01 Å². The van der Waals surface area contributed by atoms with Crippen molar-refractivity contribution in [2.75, 3.05) is 0 Å². The molecule has 55 heavy (non-hydrogen) atoms. The maximum atomic E-state index is 5.11. The van der Waals surface area contributed by atoms with E-state index in [0.717, 1.165) is 54.9 Å². The summed E-state index contributed by atoms with van der Waals surface area (Å²) in [5.74, 6) is 1.95. The Morgan fingerprint density at radius 1 is 0.473 bits per heavy atom. The van der Waals surface area contributed by atoms with Crippen molar-refractivity contribution in [3.05, 3.63) is 175 Å². The molecule has 260 valence electrons. The average Bonchev–Trinajstić information content (AvgIpc) is 3.90. The molecule has 10 aromatic rings. The van der Waals surface area contributed by atoms with Gasteiger partial charge < -0.3 is 4.57 Å². The number of benzene rings is 7. The number of hydrogen-bond donors (Lipinski definition) is 0. The van der Waals surface area contributed by atoms with Crippen LogP contribution in [0, 0.1) is 0 Å². The SMILES string of the molecule is CC1(C)c2ccc(-n3c4ccccc4c4cc(-c5nc(-c6ccccc6)nc(-c6ccccc6)n5)ccc43)cc2-c2c1ccc1nc(-c3ccccc3)sc21. The van der Waals surface area contributed by atoms with Crippen molar-refractivity contribution in [1.29, 1.82) is 0 Å². The van der Waals surface area contributed by atoms with Gasteiger partial charge in [0.2, 0.25) is 0 Å². The summed E-state index contributed by atoms with van der Waals surface area (Å²) in [5.41, 5.74) is 13.6. The van der Waals surface area contributed by atoms with Crippen molar-refractivity contribution in [2.24, 2.45) is 0 Å². The van der Waals surface area contributed by atoms with Gasteiger partial charge in [0.25, 0.3) is 0 Å². The third-order valence-electron chi connectivity index (χ3n) is 11.1. The molecule has 0 amide bonds. The Bertz CT molecular complexity index is 3050. The zero-order valence-electron chi connectivity index (χ0n) is 30.2. The van der Waals surface area contributed by atoms with Crippen LogP contribution in [0.1, 0.15) is 25.0 Å². The molecule has 3 heterocycles. The predicted octanol–water partition coefficient (Wildman–Crippen LogP) is 12.6. The van der Waals surface area contributed by atoms with E-state index in [1.807, 2.05) is 60.7 Å². The second-order valence-corrected chi connectivity index (χ2v) is 15.7. The van der Waals surface area contributed by atoms with E-state index in [1.54, 1.807) is 11.3 Å². The van der Waals surface area contributed by atoms with Gasteiger partial charge in [-0.3, -0.25) is 0 Å². The number of nitrogens with zero attached hydrogens (tertiary/aromatic N) is 5. The maximum absolute atomic E-state index is 5.11. The summed E-state index contributed by atoms with van der Waals surface area (Å²) in [6, 6.07) is 57.6. The predicted molar refractivity (Wildman–Crippen MR) is 227 cm³/mol. The van der Waals surface area contributed by atoms with Crippen LogP contribution >= 0.6 is 11.3 Å². The van der Waals surface area contributed by atoms with Crippen LogP contribution in [0.2, 0.25) is 0 Å². The van der Waals surface area contributed by atoms with Crippen LogP contribution in [-0.4, -0.2) is 24.5 Å². The number of fused-ring (bicyclic) bond motifs is 8. The van der Waals surface area contributed by atoms with E-state index >= 15 is 0 Å². The van der Waals surface area contributed by atoms with E-state index < -0.39 is 0 Å². The third kappa shape index (κ3) is 4.99. The molecule has 0 bridgehead atoms. The highest BCUT2D eigenvalue weighted by atomic mass is 32.1. The first-order valence-electron chi connectivity index (χ1n) is 18.6. The van der Waals surface area contributed by atoms with Crippen molar-refractivity contribution in [1.82, 2.24) is 24.5 Å². The molecular weight excluding hydrogens is 691 g/mol. The van der Waals surface area contributed by atoms with Gasteiger partial charge >= 0.3 is 0 Å². The molecule has 5 nitrogen and oxygen atoms in total. The van der Waals surface area contributed by atoms with Gasteiger partial charge in [-0.1, -0.05) is 135 Å². The lowest BCUT2D eigenvalue weighted by molar-refractivity contribution is 0.661. The molecule has 1 aliphatic carbocycles. The van der Waals surface area contributed by atoms with Gasteiger partial charge in [-0.25, -0.2) is 19.9 Å². The molecule has 0 spiro atoms. The van der Waals surface area contributed by atoms with Gasteiger partial charge in [0.05, 0.1) is 21.3 Å². The molecule has 0 radical (unpaired) electrons. The molecular formula is C49H33N5S. The second-order valence-electron chi connectivity index (χ2n) is 14.7. The highest BCUT2D eigenvalue weighted by Gasteiger charge is 2.37. The van der Waals surface area contributed by atoms with E-state index in [2.05, 4.69) is 122 Å². The van der Waals surface area contributed by atoms with Crippen LogP contribution < -0.4 is 0 Å². The van der Waals surface area contributed by atoms with Crippen molar-refractivity contribution in [3.8, 4) is 61.5 Å². The van der Waals surface area contributed by atoms with E-state index in [4.69, 9.17) is 19.9 Å². The Labute approximate surface area is 322 Å². The van der Waals surface area contributed by atoms with E-state index in [0.29, 0.717) is 17.5 Å². The topological polar surface area (TPSA) is 56.5 Å². The van der Waals surface area contributed by atoms with Crippen molar-refractivity contribution in [2.45, 2.75) is 19.3 Å².